The van der Waals surface area contributed by atoms with Crippen LogP contribution in [0.25, 0.3) is 0 Å². The Labute approximate surface area is 115 Å². The van der Waals surface area contributed by atoms with Gasteiger partial charge in [-0.05, 0) is 0 Å². The number of aromatic nitrogens is 1. The van der Waals surface area contributed by atoms with Gasteiger partial charge in [0.1, 0.15) is 6.04 Å². The lowest BCUT2D eigenvalue weighted by Crippen LogP contribution is -2.56. The van der Waals surface area contributed by atoms with Crippen LogP contribution in [0.3, 0.4) is 0 Å². The summed E-state index contributed by atoms with van der Waals surface area (Å²) in [5.41, 5.74) is 0.828. The molecule has 104 valence electrons. The molecule has 1 amide bonds. The predicted molar refractivity (Wildman–Crippen MR) is 71.0 cm³/mol. The number of carbonyl (C=O) groups is 2. The first-order valence-corrected chi connectivity index (χ1v) is 7.03. The summed E-state index contributed by atoms with van der Waals surface area (Å²) in [4.78, 5) is 28.7. The van der Waals surface area contributed by atoms with Crippen molar-refractivity contribution in [2.24, 2.45) is 0 Å². The van der Waals surface area contributed by atoms with Crippen LogP contribution in [0, 0.1) is 0 Å². The van der Waals surface area contributed by atoms with E-state index < -0.39 is 12.0 Å². The zero-order chi connectivity index (χ0) is 14.0. The molecular formula is C12H17N3O3S. The fraction of sp³-hybridized carbons (Fsp3) is 0.583. The smallest absolute Gasteiger partial charge is 0.322 e. The summed E-state index contributed by atoms with van der Waals surface area (Å²) in [5, 5.41) is 14.7. The maximum absolute atomic E-state index is 11.4. The van der Waals surface area contributed by atoms with Crippen LogP contribution in [-0.2, 0) is 16.1 Å². The van der Waals surface area contributed by atoms with Gasteiger partial charge in [0.25, 0.3) is 0 Å². The van der Waals surface area contributed by atoms with Gasteiger partial charge in [0.2, 0.25) is 5.91 Å². The molecule has 1 saturated heterocycles. The predicted octanol–water partition coefficient (Wildman–Crippen LogP) is 0.652. The van der Waals surface area contributed by atoms with Crippen molar-refractivity contribution in [3.63, 3.8) is 0 Å². The van der Waals surface area contributed by atoms with E-state index in [0.717, 1.165) is 10.7 Å². The Balaban J connectivity index is 2.09. The van der Waals surface area contributed by atoms with Crippen LogP contribution in [0.15, 0.2) is 5.38 Å². The number of carbonyl (C=O) groups excluding carboxylic acids is 1. The third-order valence-electron chi connectivity index (χ3n) is 2.99. The van der Waals surface area contributed by atoms with E-state index in [-0.39, 0.29) is 19.0 Å². The molecule has 0 radical (unpaired) electrons. The molecule has 2 heterocycles. The molecule has 1 aromatic heterocycles. The molecule has 1 fully saturated rings. The number of carboxylic acids is 1. The lowest BCUT2D eigenvalue weighted by Gasteiger charge is -2.31. The maximum atomic E-state index is 11.4. The number of aliphatic carboxylic acids is 1. The van der Waals surface area contributed by atoms with Gasteiger partial charge in [0.15, 0.2) is 0 Å². The van der Waals surface area contributed by atoms with Crippen LogP contribution in [0.5, 0.6) is 0 Å². The van der Waals surface area contributed by atoms with Crippen molar-refractivity contribution in [2.75, 3.05) is 13.1 Å². The van der Waals surface area contributed by atoms with Crippen molar-refractivity contribution in [1.82, 2.24) is 15.2 Å². The second kappa shape index (κ2) is 5.66. The quantitative estimate of drug-likeness (QED) is 0.848. The van der Waals surface area contributed by atoms with Gasteiger partial charge < -0.3 is 10.4 Å². The zero-order valence-corrected chi connectivity index (χ0v) is 11.7. The lowest BCUT2D eigenvalue weighted by molar-refractivity contribution is -0.146. The fourth-order valence-electron chi connectivity index (χ4n) is 1.97. The minimum absolute atomic E-state index is 0.103. The molecule has 2 rings (SSSR count). The highest BCUT2D eigenvalue weighted by Crippen LogP contribution is 2.20. The first-order valence-electron chi connectivity index (χ1n) is 6.15. The van der Waals surface area contributed by atoms with E-state index in [1.54, 1.807) is 16.2 Å². The molecule has 0 saturated carbocycles. The lowest BCUT2D eigenvalue weighted by atomic mass is 10.2. The minimum Gasteiger partial charge on any atom is -0.480 e. The van der Waals surface area contributed by atoms with Crippen LogP contribution in [-0.4, -0.2) is 46.0 Å². The summed E-state index contributed by atoms with van der Waals surface area (Å²) in [6.07, 6.45) is 0. The number of rotatable bonds is 4. The van der Waals surface area contributed by atoms with Gasteiger partial charge in [0, 0.05) is 24.4 Å². The Hall–Kier alpha value is -1.47. The van der Waals surface area contributed by atoms with Crippen molar-refractivity contribution < 1.29 is 14.7 Å². The molecule has 1 aliphatic heterocycles. The van der Waals surface area contributed by atoms with Crippen molar-refractivity contribution in [3.8, 4) is 0 Å². The summed E-state index contributed by atoms with van der Waals surface area (Å²) < 4.78 is 0. The first-order chi connectivity index (χ1) is 8.97. The molecule has 1 unspecified atom stereocenters. The normalized spacial score (nSPS) is 20.6. The summed E-state index contributed by atoms with van der Waals surface area (Å²) >= 11 is 1.57. The van der Waals surface area contributed by atoms with Crippen molar-refractivity contribution >= 4 is 23.2 Å². The highest BCUT2D eigenvalue weighted by Gasteiger charge is 2.32. The number of amides is 1. The van der Waals surface area contributed by atoms with Gasteiger partial charge in [-0.2, -0.15) is 0 Å². The van der Waals surface area contributed by atoms with Gasteiger partial charge in [-0.25, -0.2) is 4.98 Å². The second-order valence-electron chi connectivity index (χ2n) is 4.89. The molecule has 2 N–H and O–H groups in total. The minimum atomic E-state index is -0.917. The van der Waals surface area contributed by atoms with Crippen molar-refractivity contribution in [3.05, 3.63) is 16.1 Å². The molecule has 0 spiro atoms. The summed E-state index contributed by atoms with van der Waals surface area (Å²) in [6.45, 7) is 4.78. The van der Waals surface area contributed by atoms with E-state index in [0.29, 0.717) is 12.5 Å². The molecular weight excluding hydrogens is 266 g/mol. The monoisotopic (exact) mass is 283 g/mol. The van der Waals surface area contributed by atoms with Gasteiger partial charge in [0.05, 0.1) is 17.2 Å². The van der Waals surface area contributed by atoms with Crippen LogP contribution in [0.1, 0.15) is 30.5 Å². The second-order valence-corrected chi connectivity index (χ2v) is 5.78. The topological polar surface area (TPSA) is 82.5 Å². The van der Waals surface area contributed by atoms with E-state index in [4.69, 9.17) is 5.11 Å². The number of nitrogens with one attached hydrogen (secondary N) is 1. The van der Waals surface area contributed by atoms with Crippen LogP contribution in [0.4, 0.5) is 0 Å². The van der Waals surface area contributed by atoms with E-state index in [1.165, 1.54) is 0 Å². The molecule has 6 nitrogen and oxygen atoms in total. The number of nitrogens with zero attached hydrogens (tertiary/aromatic N) is 2. The molecule has 0 bridgehead atoms. The van der Waals surface area contributed by atoms with E-state index in [2.05, 4.69) is 24.1 Å². The third kappa shape index (κ3) is 3.30. The number of thiazole rings is 1. The van der Waals surface area contributed by atoms with Gasteiger partial charge in [-0.15, -0.1) is 11.3 Å². The summed E-state index contributed by atoms with van der Waals surface area (Å²) in [6, 6.07) is -0.679. The number of hydrogen-bond acceptors (Lipinski definition) is 5. The Morgan fingerprint density at radius 3 is 3.00 bits per heavy atom. The number of piperazine rings is 1. The van der Waals surface area contributed by atoms with Crippen LogP contribution >= 0.6 is 11.3 Å². The van der Waals surface area contributed by atoms with Crippen LogP contribution < -0.4 is 5.32 Å². The van der Waals surface area contributed by atoms with E-state index >= 15 is 0 Å². The Morgan fingerprint density at radius 1 is 1.68 bits per heavy atom. The van der Waals surface area contributed by atoms with E-state index in [9.17, 15) is 9.59 Å². The zero-order valence-electron chi connectivity index (χ0n) is 10.9. The Bertz CT molecular complexity index is 486. The molecule has 0 aromatic carbocycles. The fourth-order valence-corrected chi connectivity index (χ4v) is 2.79. The van der Waals surface area contributed by atoms with Gasteiger partial charge in [-0.1, -0.05) is 13.8 Å². The van der Waals surface area contributed by atoms with E-state index in [1.807, 2.05) is 5.38 Å². The Kier molecular flexibility index (Phi) is 4.16. The SMILES string of the molecule is CC(C)c1nc(CN2CC(=O)NCC2C(=O)O)cs1. The van der Waals surface area contributed by atoms with Gasteiger partial charge in [-0.3, -0.25) is 14.5 Å². The summed E-state index contributed by atoms with van der Waals surface area (Å²) in [5.74, 6) is -0.699. The molecule has 1 atom stereocenters. The molecule has 19 heavy (non-hydrogen) atoms. The number of carboxylic acid groups (broad SMARTS) is 1. The van der Waals surface area contributed by atoms with Crippen LogP contribution in [0.2, 0.25) is 0 Å². The Morgan fingerprint density at radius 2 is 2.42 bits per heavy atom. The van der Waals surface area contributed by atoms with Crippen molar-refractivity contribution in [2.45, 2.75) is 32.4 Å². The average Bonchev–Trinajstić information content (AvgIpc) is 2.77. The maximum Gasteiger partial charge on any atom is 0.322 e. The number of hydrogen-bond donors (Lipinski definition) is 2. The first kappa shape index (κ1) is 14.0. The highest BCUT2D eigenvalue weighted by atomic mass is 32.1. The standard InChI is InChI=1S/C12H17N3O3S/c1-7(2)11-14-8(6-19-11)4-15-5-10(16)13-3-9(15)12(17)18/h6-7,9H,3-5H2,1-2H3,(H,13,16)(H,17,18). The molecule has 7 heteroatoms. The molecule has 1 aromatic rings. The summed E-state index contributed by atoms with van der Waals surface area (Å²) in [7, 11) is 0. The third-order valence-corrected chi connectivity index (χ3v) is 4.19. The molecule has 1 aliphatic rings. The van der Waals surface area contributed by atoms with Crippen molar-refractivity contribution in [1.29, 1.82) is 0 Å². The average molecular weight is 283 g/mol. The molecule has 0 aliphatic carbocycles. The van der Waals surface area contributed by atoms with Gasteiger partial charge >= 0.3 is 5.97 Å². The highest BCUT2D eigenvalue weighted by molar-refractivity contribution is 7.09. The largest absolute Gasteiger partial charge is 0.480 e.